The molecule has 3 aromatic carbocycles. The smallest absolute Gasteiger partial charge is 0.214 e. The fourth-order valence-electron chi connectivity index (χ4n) is 3.51. The van der Waals surface area contributed by atoms with Crippen LogP contribution in [0.15, 0.2) is 83.8 Å². The second-order valence-electron chi connectivity index (χ2n) is 8.36. The second-order valence-corrected chi connectivity index (χ2v) is 12.2. The van der Waals surface area contributed by atoms with Gasteiger partial charge in [0.15, 0.2) is 0 Å². The number of hydrogen-bond acceptors (Lipinski definition) is 4. The number of rotatable bonds is 10. The van der Waals surface area contributed by atoms with Crippen LogP contribution in [0, 0.1) is 5.92 Å². The van der Waals surface area contributed by atoms with Crippen molar-refractivity contribution in [3.05, 3.63) is 90.0 Å². The fourth-order valence-corrected chi connectivity index (χ4v) is 5.91. The Kier molecular flexibility index (Phi) is 8.07. The van der Waals surface area contributed by atoms with E-state index in [1.54, 1.807) is 28.6 Å². The van der Waals surface area contributed by atoms with E-state index in [1.165, 1.54) is 7.05 Å². The molecule has 0 aliphatic carbocycles. The molecular formula is C25H30N2O4S2. The van der Waals surface area contributed by atoms with E-state index in [-0.39, 0.29) is 16.6 Å². The Bertz CT molecular complexity index is 1250. The summed E-state index contributed by atoms with van der Waals surface area (Å²) in [4.78, 5) is 0.207. The van der Waals surface area contributed by atoms with Crippen molar-refractivity contribution in [2.45, 2.75) is 31.0 Å². The van der Waals surface area contributed by atoms with Gasteiger partial charge in [0.1, 0.15) is 0 Å². The summed E-state index contributed by atoms with van der Waals surface area (Å²) in [6, 6.07) is 23.5. The molecule has 0 saturated carbocycles. The van der Waals surface area contributed by atoms with Gasteiger partial charge in [-0.25, -0.2) is 21.6 Å². The molecule has 33 heavy (non-hydrogen) atoms. The molecule has 6 nitrogen and oxygen atoms in total. The molecule has 8 heteroatoms. The quantitative estimate of drug-likeness (QED) is 0.464. The molecule has 0 fully saturated rings. The first-order chi connectivity index (χ1) is 15.6. The lowest BCUT2D eigenvalue weighted by Crippen LogP contribution is -2.34. The van der Waals surface area contributed by atoms with E-state index < -0.39 is 20.0 Å². The molecule has 0 aliphatic rings. The highest BCUT2D eigenvalue weighted by atomic mass is 32.2. The standard InChI is InChI=1S/C25H30N2O4S2/c1-20(2)17-27(32(28,29)19-22-7-5-4-6-8-22)18-21-9-11-23(12-10-21)24-13-15-25(16-14-24)33(30,31)26-3/h4-16,20,26H,17-19H2,1-3H3. The van der Waals surface area contributed by atoms with Gasteiger partial charge in [0.2, 0.25) is 20.0 Å². The molecule has 0 amide bonds. The first kappa shape index (κ1) is 25.1. The maximum absolute atomic E-state index is 13.1. The van der Waals surface area contributed by atoms with Crippen LogP contribution in [0.1, 0.15) is 25.0 Å². The lowest BCUT2D eigenvalue weighted by molar-refractivity contribution is 0.361. The van der Waals surface area contributed by atoms with Gasteiger partial charge in [-0.1, -0.05) is 80.6 Å². The van der Waals surface area contributed by atoms with Crippen LogP contribution < -0.4 is 4.72 Å². The molecule has 0 atom stereocenters. The summed E-state index contributed by atoms with van der Waals surface area (Å²) in [6.07, 6.45) is 0. The van der Waals surface area contributed by atoms with Crippen molar-refractivity contribution in [1.82, 2.24) is 9.03 Å². The van der Waals surface area contributed by atoms with E-state index in [1.807, 2.05) is 68.4 Å². The molecule has 0 bridgehead atoms. The molecule has 1 N–H and O–H groups in total. The molecule has 0 radical (unpaired) electrons. The third-order valence-corrected chi connectivity index (χ3v) is 8.43. The van der Waals surface area contributed by atoms with Gasteiger partial charge in [-0.2, -0.15) is 4.31 Å². The topological polar surface area (TPSA) is 83.6 Å². The molecule has 0 unspecified atom stereocenters. The molecule has 3 aromatic rings. The van der Waals surface area contributed by atoms with Gasteiger partial charge in [-0.05, 0) is 47.4 Å². The maximum atomic E-state index is 13.1. The van der Waals surface area contributed by atoms with E-state index >= 15 is 0 Å². The van der Waals surface area contributed by atoms with Crippen LogP contribution in [0.3, 0.4) is 0 Å². The monoisotopic (exact) mass is 486 g/mol. The van der Waals surface area contributed by atoms with Gasteiger partial charge in [-0.15, -0.1) is 0 Å². The fraction of sp³-hybridized carbons (Fsp3) is 0.280. The lowest BCUT2D eigenvalue weighted by Gasteiger charge is -2.24. The van der Waals surface area contributed by atoms with Gasteiger partial charge < -0.3 is 0 Å². The van der Waals surface area contributed by atoms with Crippen molar-refractivity contribution in [2.75, 3.05) is 13.6 Å². The Labute approximate surface area is 197 Å². The molecule has 3 rings (SSSR count). The van der Waals surface area contributed by atoms with E-state index in [0.29, 0.717) is 13.1 Å². The van der Waals surface area contributed by atoms with Crippen molar-refractivity contribution in [1.29, 1.82) is 0 Å². The van der Waals surface area contributed by atoms with Crippen LogP contribution in [0.4, 0.5) is 0 Å². The molecule has 176 valence electrons. The molecular weight excluding hydrogens is 456 g/mol. The summed E-state index contributed by atoms with van der Waals surface area (Å²) in [5.41, 5.74) is 3.47. The number of benzene rings is 3. The van der Waals surface area contributed by atoms with Gasteiger partial charge in [0.05, 0.1) is 10.6 Å². The van der Waals surface area contributed by atoms with E-state index in [0.717, 1.165) is 22.3 Å². The highest BCUT2D eigenvalue weighted by molar-refractivity contribution is 7.89. The zero-order chi connectivity index (χ0) is 24.1. The highest BCUT2D eigenvalue weighted by Crippen LogP contribution is 2.23. The van der Waals surface area contributed by atoms with Gasteiger partial charge in [0.25, 0.3) is 0 Å². The SMILES string of the molecule is CNS(=O)(=O)c1ccc(-c2ccc(CN(CC(C)C)S(=O)(=O)Cc3ccccc3)cc2)cc1. The zero-order valence-electron chi connectivity index (χ0n) is 19.1. The van der Waals surface area contributed by atoms with Gasteiger partial charge in [0, 0.05) is 13.1 Å². The summed E-state index contributed by atoms with van der Waals surface area (Å²) in [5.74, 6) is 0.169. The Morgan fingerprint density at radius 1 is 0.758 bits per heavy atom. The highest BCUT2D eigenvalue weighted by Gasteiger charge is 2.23. The minimum absolute atomic E-state index is 0.0273. The summed E-state index contributed by atoms with van der Waals surface area (Å²) in [5, 5.41) is 0. The van der Waals surface area contributed by atoms with Crippen LogP contribution in [0.2, 0.25) is 0 Å². The predicted octanol–water partition coefficient (Wildman–Crippen LogP) is 4.25. The minimum atomic E-state index is -3.48. The summed E-state index contributed by atoms with van der Waals surface area (Å²) >= 11 is 0. The van der Waals surface area contributed by atoms with Crippen LogP contribution in [0.25, 0.3) is 11.1 Å². The number of nitrogens with one attached hydrogen (secondary N) is 1. The van der Waals surface area contributed by atoms with E-state index in [4.69, 9.17) is 0 Å². The van der Waals surface area contributed by atoms with E-state index in [9.17, 15) is 16.8 Å². The van der Waals surface area contributed by atoms with Crippen LogP contribution >= 0.6 is 0 Å². The first-order valence-corrected chi connectivity index (χ1v) is 13.8. The second kappa shape index (κ2) is 10.6. The zero-order valence-corrected chi connectivity index (χ0v) is 20.7. The van der Waals surface area contributed by atoms with Crippen molar-refractivity contribution >= 4 is 20.0 Å². The Hall–Kier alpha value is -2.52. The third-order valence-electron chi connectivity index (χ3n) is 5.23. The molecule has 0 aromatic heterocycles. The molecule has 0 saturated heterocycles. The van der Waals surface area contributed by atoms with Crippen molar-refractivity contribution in [2.24, 2.45) is 5.92 Å². The molecule has 0 aliphatic heterocycles. The molecule has 0 spiro atoms. The van der Waals surface area contributed by atoms with E-state index in [2.05, 4.69) is 4.72 Å². The third kappa shape index (κ3) is 6.74. The Balaban J connectivity index is 1.78. The summed E-state index contributed by atoms with van der Waals surface area (Å²) in [6.45, 7) is 4.75. The average Bonchev–Trinajstić information content (AvgIpc) is 2.79. The number of hydrogen-bond donors (Lipinski definition) is 1. The van der Waals surface area contributed by atoms with Crippen LogP contribution in [0.5, 0.6) is 0 Å². The summed E-state index contributed by atoms with van der Waals surface area (Å²) in [7, 11) is -5.58. The summed E-state index contributed by atoms with van der Waals surface area (Å²) < 4.78 is 53.9. The lowest BCUT2D eigenvalue weighted by atomic mass is 10.0. The van der Waals surface area contributed by atoms with Gasteiger partial charge >= 0.3 is 0 Å². The molecule has 0 heterocycles. The predicted molar refractivity (Wildman–Crippen MR) is 132 cm³/mol. The number of sulfonamides is 2. The van der Waals surface area contributed by atoms with Crippen LogP contribution in [-0.4, -0.2) is 34.7 Å². The largest absolute Gasteiger partial charge is 0.240 e. The Morgan fingerprint density at radius 2 is 1.30 bits per heavy atom. The maximum Gasteiger partial charge on any atom is 0.240 e. The average molecular weight is 487 g/mol. The Morgan fingerprint density at radius 3 is 1.82 bits per heavy atom. The first-order valence-electron chi connectivity index (χ1n) is 10.8. The van der Waals surface area contributed by atoms with Crippen molar-refractivity contribution in [3.8, 4) is 11.1 Å². The van der Waals surface area contributed by atoms with Crippen LogP contribution in [-0.2, 0) is 32.3 Å². The number of nitrogens with zero attached hydrogens (tertiary/aromatic N) is 1. The van der Waals surface area contributed by atoms with Crippen molar-refractivity contribution in [3.63, 3.8) is 0 Å². The van der Waals surface area contributed by atoms with Crippen molar-refractivity contribution < 1.29 is 16.8 Å². The normalized spacial score (nSPS) is 12.4. The minimum Gasteiger partial charge on any atom is -0.214 e. The van der Waals surface area contributed by atoms with Gasteiger partial charge in [-0.3, -0.25) is 0 Å².